The van der Waals surface area contributed by atoms with Gasteiger partial charge in [-0.3, -0.25) is 14.8 Å². The molecule has 30 heavy (non-hydrogen) atoms. The van der Waals surface area contributed by atoms with Crippen LogP contribution in [0.1, 0.15) is 12.5 Å². The van der Waals surface area contributed by atoms with Gasteiger partial charge in [-0.15, -0.1) is 0 Å². The highest BCUT2D eigenvalue weighted by molar-refractivity contribution is 5.72. The van der Waals surface area contributed by atoms with Gasteiger partial charge in [0.05, 0.1) is 18.1 Å². The van der Waals surface area contributed by atoms with Crippen LogP contribution in [0.25, 0.3) is 11.3 Å². The van der Waals surface area contributed by atoms with Crippen LogP contribution in [-0.2, 0) is 4.79 Å². The van der Waals surface area contributed by atoms with Crippen molar-refractivity contribution in [2.24, 2.45) is 0 Å². The number of hydrogen-bond acceptors (Lipinski definition) is 6. The number of aromatic nitrogens is 3. The number of halogens is 1. The first-order valence-corrected chi connectivity index (χ1v) is 9.49. The molecule has 0 unspecified atom stereocenters. The second-order valence-corrected chi connectivity index (χ2v) is 7.05. The highest BCUT2D eigenvalue weighted by Crippen LogP contribution is 2.28. The Hall–Kier alpha value is -3.55. The molecule has 0 spiro atoms. The van der Waals surface area contributed by atoms with Crippen molar-refractivity contribution in [1.82, 2.24) is 19.9 Å². The third kappa shape index (κ3) is 5.28. The fourth-order valence-corrected chi connectivity index (χ4v) is 2.64. The summed E-state index contributed by atoms with van der Waals surface area (Å²) in [5.74, 6) is 0.269. The van der Waals surface area contributed by atoms with E-state index < -0.39 is 5.82 Å². The van der Waals surface area contributed by atoms with E-state index in [2.05, 4.69) is 15.0 Å². The van der Waals surface area contributed by atoms with Gasteiger partial charge in [0.1, 0.15) is 0 Å². The highest BCUT2D eigenvalue weighted by Gasteiger charge is 2.12. The van der Waals surface area contributed by atoms with Crippen molar-refractivity contribution in [3.63, 3.8) is 0 Å². The molecule has 0 atom stereocenters. The number of carbonyl (C=O) groups excluding carboxylic acids is 1. The van der Waals surface area contributed by atoms with Crippen molar-refractivity contribution in [3.8, 4) is 22.9 Å². The summed E-state index contributed by atoms with van der Waals surface area (Å²) in [6, 6.07) is 8.45. The molecule has 3 aromatic rings. The number of likely N-dealkylation sites (N-methyl/N-ethyl adjacent to an activating group) is 2. The Morgan fingerprint density at radius 1 is 1.10 bits per heavy atom. The Morgan fingerprint density at radius 3 is 2.57 bits per heavy atom. The number of amides is 1. The zero-order valence-corrected chi connectivity index (χ0v) is 17.5. The Kier molecular flexibility index (Phi) is 6.56. The number of pyridine rings is 1. The predicted molar refractivity (Wildman–Crippen MR) is 113 cm³/mol. The smallest absolute Gasteiger partial charge is 0.239 e. The van der Waals surface area contributed by atoms with E-state index in [0.29, 0.717) is 30.2 Å². The second kappa shape index (κ2) is 9.30. The molecule has 0 N–H and O–H groups in total. The van der Waals surface area contributed by atoms with Crippen molar-refractivity contribution in [2.45, 2.75) is 13.8 Å². The van der Waals surface area contributed by atoms with Crippen LogP contribution in [0.2, 0.25) is 0 Å². The third-order valence-corrected chi connectivity index (χ3v) is 4.65. The van der Waals surface area contributed by atoms with Gasteiger partial charge in [0.25, 0.3) is 0 Å². The van der Waals surface area contributed by atoms with Gasteiger partial charge in [-0.1, -0.05) is 6.07 Å². The van der Waals surface area contributed by atoms with E-state index in [0.717, 1.165) is 5.56 Å². The molecule has 7 nitrogen and oxygen atoms in total. The number of benzene rings is 1. The van der Waals surface area contributed by atoms with Crippen LogP contribution in [0.5, 0.6) is 11.6 Å². The number of ether oxygens (including phenoxy) is 1. The van der Waals surface area contributed by atoms with Crippen LogP contribution in [0.15, 0.2) is 48.9 Å². The average Bonchev–Trinajstić information content (AvgIpc) is 2.74. The Morgan fingerprint density at radius 2 is 1.90 bits per heavy atom. The standard InChI is InChI=1S/C22H24FN5O2/c1-15-5-7-19(25-12-15)17-6-8-20(18(23)11-17)30-22-14-24-13-21(26-22)28(4)10-9-27(3)16(2)29/h5-8,11-14H,9-10H2,1-4H3. The lowest BCUT2D eigenvalue weighted by molar-refractivity contribution is -0.127. The fraction of sp³-hybridized carbons (Fsp3) is 0.273. The van der Waals surface area contributed by atoms with Gasteiger partial charge >= 0.3 is 0 Å². The molecule has 3 rings (SSSR count). The molecule has 1 amide bonds. The monoisotopic (exact) mass is 409 g/mol. The van der Waals surface area contributed by atoms with Gasteiger partial charge in [-0.2, -0.15) is 4.98 Å². The lowest BCUT2D eigenvalue weighted by Gasteiger charge is -2.22. The van der Waals surface area contributed by atoms with Crippen LogP contribution < -0.4 is 9.64 Å². The fourth-order valence-electron chi connectivity index (χ4n) is 2.64. The molecule has 8 heteroatoms. The maximum Gasteiger partial charge on any atom is 0.239 e. The summed E-state index contributed by atoms with van der Waals surface area (Å²) in [6.45, 7) is 4.58. The molecule has 0 saturated carbocycles. The van der Waals surface area contributed by atoms with Gasteiger partial charge in [0.15, 0.2) is 17.4 Å². The Bertz CT molecular complexity index is 1030. The summed E-state index contributed by atoms with van der Waals surface area (Å²) in [6.07, 6.45) is 4.75. The van der Waals surface area contributed by atoms with Crippen molar-refractivity contribution < 1.29 is 13.9 Å². The number of anilines is 1. The van der Waals surface area contributed by atoms with Crippen molar-refractivity contribution >= 4 is 11.7 Å². The molecule has 0 fully saturated rings. The second-order valence-electron chi connectivity index (χ2n) is 7.05. The first-order valence-electron chi connectivity index (χ1n) is 9.49. The molecule has 0 aliphatic rings. The number of hydrogen-bond donors (Lipinski definition) is 0. The van der Waals surface area contributed by atoms with Gasteiger partial charge < -0.3 is 14.5 Å². The molecule has 0 radical (unpaired) electrons. The van der Waals surface area contributed by atoms with E-state index in [-0.39, 0.29) is 17.5 Å². The molecule has 0 aliphatic carbocycles. The number of rotatable bonds is 7. The van der Waals surface area contributed by atoms with Crippen molar-refractivity contribution in [3.05, 3.63) is 60.3 Å². The van der Waals surface area contributed by atoms with Crippen molar-refractivity contribution in [1.29, 1.82) is 0 Å². The highest BCUT2D eigenvalue weighted by atomic mass is 19.1. The molecule has 0 saturated heterocycles. The third-order valence-electron chi connectivity index (χ3n) is 4.65. The van der Waals surface area contributed by atoms with Crippen molar-refractivity contribution in [2.75, 3.05) is 32.1 Å². The van der Waals surface area contributed by atoms with E-state index in [1.807, 2.05) is 31.0 Å². The normalized spacial score (nSPS) is 10.6. The maximum atomic E-state index is 14.6. The van der Waals surface area contributed by atoms with Gasteiger partial charge in [-0.05, 0) is 36.8 Å². The molecular weight excluding hydrogens is 385 g/mol. The summed E-state index contributed by atoms with van der Waals surface area (Å²) in [4.78, 5) is 27.6. The molecule has 0 bridgehead atoms. The molecule has 2 aromatic heterocycles. The number of nitrogens with zero attached hydrogens (tertiary/aromatic N) is 5. The van der Waals surface area contributed by atoms with Gasteiger partial charge in [0.2, 0.25) is 11.8 Å². The van der Waals surface area contributed by atoms with E-state index >= 15 is 0 Å². The SMILES string of the molecule is CC(=O)N(C)CCN(C)c1cncc(Oc2ccc(-c3ccc(C)cn3)cc2F)n1. The molecule has 2 heterocycles. The minimum absolute atomic E-state index is 0.00803. The first kappa shape index (κ1) is 21.2. The van der Waals surface area contributed by atoms with E-state index in [1.165, 1.54) is 19.2 Å². The van der Waals surface area contributed by atoms with Crippen LogP contribution in [-0.4, -0.2) is 52.9 Å². The minimum atomic E-state index is -0.515. The zero-order valence-electron chi connectivity index (χ0n) is 17.5. The maximum absolute atomic E-state index is 14.6. The molecule has 1 aromatic carbocycles. The predicted octanol–water partition coefficient (Wildman–Crippen LogP) is 3.69. The van der Waals surface area contributed by atoms with E-state index in [9.17, 15) is 9.18 Å². The van der Waals surface area contributed by atoms with Crippen LogP contribution in [0, 0.1) is 12.7 Å². The Labute approximate surface area is 175 Å². The Balaban J connectivity index is 1.71. The van der Waals surface area contributed by atoms with Crippen LogP contribution in [0.4, 0.5) is 10.2 Å². The summed E-state index contributed by atoms with van der Waals surface area (Å²) in [5, 5.41) is 0. The summed E-state index contributed by atoms with van der Waals surface area (Å²) < 4.78 is 20.2. The first-order chi connectivity index (χ1) is 14.3. The van der Waals surface area contributed by atoms with Crippen LogP contribution >= 0.6 is 0 Å². The molecule has 156 valence electrons. The minimum Gasteiger partial charge on any atom is -0.434 e. The quantitative estimate of drug-likeness (QED) is 0.593. The summed E-state index contributed by atoms with van der Waals surface area (Å²) in [5.41, 5.74) is 2.38. The zero-order chi connectivity index (χ0) is 21.7. The number of carbonyl (C=O) groups is 1. The van der Waals surface area contributed by atoms with Gasteiger partial charge in [-0.25, -0.2) is 4.39 Å². The summed E-state index contributed by atoms with van der Waals surface area (Å²) >= 11 is 0. The van der Waals surface area contributed by atoms with Crippen LogP contribution in [0.3, 0.4) is 0 Å². The van der Waals surface area contributed by atoms with E-state index in [1.54, 1.807) is 36.5 Å². The number of aryl methyl sites for hydroxylation is 1. The average molecular weight is 409 g/mol. The van der Waals surface area contributed by atoms with Gasteiger partial charge in [0, 0.05) is 45.9 Å². The lowest BCUT2D eigenvalue weighted by atomic mass is 10.1. The largest absolute Gasteiger partial charge is 0.434 e. The summed E-state index contributed by atoms with van der Waals surface area (Å²) in [7, 11) is 3.58. The topological polar surface area (TPSA) is 71.5 Å². The van der Waals surface area contributed by atoms with E-state index in [4.69, 9.17) is 4.74 Å². The molecular formula is C22H24FN5O2. The molecule has 0 aliphatic heterocycles. The lowest BCUT2D eigenvalue weighted by Crippen LogP contribution is -2.33.